The van der Waals surface area contributed by atoms with E-state index in [1.165, 1.54) is 0 Å². The Hall–Kier alpha value is -3.48. The zero-order chi connectivity index (χ0) is 19.2. The topological polar surface area (TPSA) is 70.1 Å². The van der Waals surface area contributed by atoms with Gasteiger partial charge in [0.1, 0.15) is 0 Å². The van der Waals surface area contributed by atoms with Crippen molar-refractivity contribution < 1.29 is 4.63 Å². The van der Waals surface area contributed by atoms with Crippen LogP contribution < -0.4 is 9.80 Å². The number of hydrogen-bond donors (Lipinski definition) is 0. The van der Waals surface area contributed by atoms with Crippen LogP contribution in [0.25, 0.3) is 0 Å². The van der Waals surface area contributed by atoms with Crippen LogP contribution in [0.1, 0.15) is 11.1 Å². The molecule has 27 heavy (non-hydrogen) atoms. The van der Waals surface area contributed by atoms with Gasteiger partial charge in [-0.1, -0.05) is 24.3 Å². The molecular formula is C20H22N6O. The maximum absolute atomic E-state index is 4.78. The molecule has 1 aromatic heterocycles. The Morgan fingerprint density at radius 1 is 0.667 bits per heavy atom. The first-order chi connectivity index (χ1) is 13.0. The predicted octanol–water partition coefficient (Wildman–Crippen LogP) is 3.70. The first-order valence-electron chi connectivity index (χ1n) is 8.48. The second-order valence-corrected chi connectivity index (χ2v) is 6.40. The maximum atomic E-state index is 4.78. The van der Waals surface area contributed by atoms with Gasteiger partial charge in [-0.25, -0.2) is 14.6 Å². The summed E-state index contributed by atoms with van der Waals surface area (Å²) >= 11 is 0. The average Bonchev–Trinajstić information content (AvgIpc) is 3.12. The number of nitrogens with zero attached hydrogens (tertiary/aromatic N) is 6. The minimum absolute atomic E-state index is 0.341. The number of aliphatic imine (C=N–C) groups is 2. The molecule has 0 aliphatic heterocycles. The van der Waals surface area contributed by atoms with E-state index in [2.05, 4.69) is 20.3 Å². The molecule has 0 aliphatic carbocycles. The lowest BCUT2D eigenvalue weighted by Crippen LogP contribution is -2.08. The van der Waals surface area contributed by atoms with Gasteiger partial charge in [0.15, 0.2) is 0 Å². The fourth-order valence-electron chi connectivity index (χ4n) is 2.33. The Morgan fingerprint density at radius 3 is 1.37 bits per heavy atom. The molecule has 0 fully saturated rings. The van der Waals surface area contributed by atoms with E-state index < -0.39 is 0 Å². The maximum Gasteiger partial charge on any atom is 0.243 e. The van der Waals surface area contributed by atoms with Crippen LogP contribution in [0.5, 0.6) is 0 Å². The largest absolute Gasteiger partial charge is 0.378 e. The highest BCUT2D eigenvalue weighted by molar-refractivity contribution is 5.85. The highest BCUT2D eigenvalue weighted by atomic mass is 16.6. The average molecular weight is 362 g/mol. The molecule has 0 atom stereocenters. The molecule has 7 nitrogen and oxygen atoms in total. The Balaban J connectivity index is 1.71. The third-order valence-corrected chi connectivity index (χ3v) is 3.95. The minimum Gasteiger partial charge on any atom is -0.378 e. The third-order valence-electron chi connectivity index (χ3n) is 3.95. The Bertz CT molecular complexity index is 848. The van der Waals surface area contributed by atoms with Gasteiger partial charge >= 0.3 is 0 Å². The van der Waals surface area contributed by atoms with Gasteiger partial charge in [0.2, 0.25) is 11.6 Å². The number of anilines is 2. The van der Waals surface area contributed by atoms with Crippen LogP contribution in [-0.2, 0) is 0 Å². The second kappa shape index (κ2) is 8.27. The van der Waals surface area contributed by atoms with E-state index in [0.29, 0.717) is 11.6 Å². The number of aromatic nitrogens is 2. The first-order valence-corrected chi connectivity index (χ1v) is 8.48. The van der Waals surface area contributed by atoms with Crippen molar-refractivity contribution >= 4 is 35.4 Å². The van der Waals surface area contributed by atoms with Crippen LogP contribution in [0, 0.1) is 0 Å². The second-order valence-electron chi connectivity index (χ2n) is 6.40. The first kappa shape index (κ1) is 18.3. The van der Waals surface area contributed by atoms with E-state index in [1.807, 2.05) is 86.5 Å². The van der Waals surface area contributed by atoms with E-state index in [9.17, 15) is 0 Å². The van der Waals surface area contributed by atoms with Gasteiger partial charge in [-0.3, -0.25) is 0 Å². The SMILES string of the molecule is CN(C)c1ccc(C=Nc2nonc2N=Cc2ccc(N(C)C)cc2)cc1. The smallest absolute Gasteiger partial charge is 0.243 e. The van der Waals surface area contributed by atoms with Gasteiger partial charge in [-0.05, 0) is 45.7 Å². The number of rotatable bonds is 6. The highest BCUT2D eigenvalue weighted by Crippen LogP contribution is 2.23. The summed E-state index contributed by atoms with van der Waals surface area (Å²) in [4.78, 5) is 12.8. The van der Waals surface area contributed by atoms with Gasteiger partial charge in [-0.2, -0.15) is 0 Å². The summed E-state index contributed by atoms with van der Waals surface area (Å²) < 4.78 is 4.78. The number of hydrogen-bond acceptors (Lipinski definition) is 7. The molecule has 0 unspecified atom stereocenters. The zero-order valence-electron chi connectivity index (χ0n) is 15.9. The molecule has 0 aliphatic rings. The van der Waals surface area contributed by atoms with Gasteiger partial charge < -0.3 is 9.80 Å². The van der Waals surface area contributed by atoms with Crippen LogP contribution in [0.3, 0.4) is 0 Å². The van der Waals surface area contributed by atoms with Crippen LogP contribution in [0.4, 0.5) is 23.0 Å². The van der Waals surface area contributed by atoms with Crippen molar-refractivity contribution in [3.8, 4) is 0 Å². The minimum atomic E-state index is 0.341. The van der Waals surface area contributed by atoms with Crippen molar-refractivity contribution in [1.29, 1.82) is 0 Å². The predicted molar refractivity (Wildman–Crippen MR) is 110 cm³/mol. The molecule has 0 saturated carbocycles. The van der Waals surface area contributed by atoms with Gasteiger partial charge in [0.05, 0.1) is 0 Å². The summed E-state index contributed by atoms with van der Waals surface area (Å²) in [6.45, 7) is 0. The Kier molecular flexibility index (Phi) is 5.61. The van der Waals surface area contributed by atoms with Gasteiger partial charge in [0.25, 0.3) is 0 Å². The van der Waals surface area contributed by atoms with Crippen LogP contribution in [0.15, 0.2) is 63.1 Å². The summed E-state index contributed by atoms with van der Waals surface area (Å²) in [5, 5.41) is 7.63. The van der Waals surface area contributed by atoms with Crippen molar-refractivity contribution in [3.05, 3.63) is 59.7 Å². The molecule has 0 N–H and O–H groups in total. The molecule has 7 heteroatoms. The Labute approximate surface area is 158 Å². The molecule has 1 heterocycles. The standard InChI is InChI=1S/C20H22N6O/c1-25(2)17-9-5-15(6-10-17)13-21-19-20(24-27-23-19)22-14-16-7-11-18(12-8-16)26(3)4/h5-14H,1-4H3. The highest BCUT2D eigenvalue weighted by Gasteiger charge is 2.06. The van der Waals surface area contributed by atoms with E-state index in [-0.39, 0.29) is 0 Å². The molecule has 138 valence electrons. The van der Waals surface area contributed by atoms with Crippen molar-refractivity contribution in [1.82, 2.24) is 10.3 Å². The zero-order valence-corrected chi connectivity index (χ0v) is 15.9. The van der Waals surface area contributed by atoms with Crippen LogP contribution in [0.2, 0.25) is 0 Å². The fourth-order valence-corrected chi connectivity index (χ4v) is 2.33. The lowest BCUT2D eigenvalue weighted by atomic mass is 10.2. The third kappa shape index (κ3) is 4.78. The van der Waals surface area contributed by atoms with Crippen molar-refractivity contribution in [2.75, 3.05) is 38.0 Å². The van der Waals surface area contributed by atoms with E-state index in [0.717, 1.165) is 22.5 Å². The summed E-state index contributed by atoms with van der Waals surface area (Å²) in [5.74, 6) is 0.681. The molecule has 0 spiro atoms. The van der Waals surface area contributed by atoms with Crippen molar-refractivity contribution in [2.45, 2.75) is 0 Å². The lowest BCUT2D eigenvalue weighted by molar-refractivity contribution is 0.309. The summed E-state index contributed by atoms with van der Waals surface area (Å²) in [5.41, 5.74) is 4.16. The molecule has 0 bridgehead atoms. The molecule has 0 radical (unpaired) electrons. The molecule has 3 aromatic rings. The van der Waals surface area contributed by atoms with Gasteiger partial charge in [0, 0.05) is 52.0 Å². The van der Waals surface area contributed by atoms with Crippen LogP contribution in [-0.4, -0.2) is 50.9 Å². The lowest BCUT2D eigenvalue weighted by Gasteiger charge is -2.11. The molecular weight excluding hydrogens is 340 g/mol. The normalized spacial score (nSPS) is 11.4. The summed E-state index contributed by atoms with van der Waals surface area (Å²) in [6.07, 6.45) is 3.42. The summed E-state index contributed by atoms with van der Waals surface area (Å²) in [6, 6.07) is 16.1. The quantitative estimate of drug-likeness (QED) is 0.625. The summed E-state index contributed by atoms with van der Waals surface area (Å²) in [7, 11) is 8.01. The van der Waals surface area contributed by atoms with E-state index in [1.54, 1.807) is 12.4 Å². The van der Waals surface area contributed by atoms with E-state index >= 15 is 0 Å². The van der Waals surface area contributed by atoms with Crippen molar-refractivity contribution in [2.24, 2.45) is 9.98 Å². The molecule has 2 aromatic carbocycles. The Morgan fingerprint density at radius 2 is 1.04 bits per heavy atom. The fraction of sp³-hybridized carbons (Fsp3) is 0.200. The molecule has 0 amide bonds. The monoisotopic (exact) mass is 362 g/mol. The molecule has 0 saturated heterocycles. The van der Waals surface area contributed by atoms with Crippen molar-refractivity contribution in [3.63, 3.8) is 0 Å². The van der Waals surface area contributed by atoms with E-state index in [4.69, 9.17) is 4.63 Å². The molecule has 3 rings (SSSR count). The number of benzene rings is 2. The van der Waals surface area contributed by atoms with Crippen LogP contribution >= 0.6 is 0 Å². The van der Waals surface area contributed by atoms with Gasteiger partial charge in [-0.15, -0.1) is 0 Å².